The van der Waals surface area contributed by atoms with Gasteiger partial charge < -0.3 is 5.73 Å². The van der Waals surface area contributed by atoms with Crippen molar-refractivity contribution in [3.05, 3.63) is 45.8 Å². The number of alkyl halides is 3. The van der Waals surface area contributed by atoms with Gasteiger partial charge in [-0.2, -0.15) is 13.2 Å². The minimum Gasteiger partial charge on any atom is -0.324 e. The predicted octanol–water partition coefficient (Wildman–Crippen LogP) is 3.02. The van der Waals surface area contributed by atoms with Gasteiger partial charge in [-0.1, -0.05) is 17.2 Å². The Balaban J connectivity index is 2.94. The molecule has 1 rings (SSSR count). The van der Waals surface area contributed by atoms with Crippen LogP contribution in [0.2, 0.25) is 0 Å². The number of nitrogens with two attached hydrogens (primary N) is 1. The van der Waals surface area contributed by atoms with Gasteiger partial charge in [0.25, 0.3) is 0 Å². The molecule has 0 saturated heterocycles. The van der Waals surface area contributed by atoms with Gasteiger partial charge in [0.1, 0.15) is 0 Å². The number of nitrogens with zero attached hydrogens (tertiary/aromatic N) is 3. The van der Waals surface area contributed by atoms with E-state index in [-0.39, 0.29) is 6.54 Å². The Hall–Kier alpha value is -1.72. The summed E-state index contributed by atoms with van der Waals surface area (Å²) in [6, 6.07) is 3.93. The molecule has 0 heterocycles. The van der Waals surface area contributed by atoms with Crippen LogP contribution in [0.1, 0.15) is 17.2 Å². The first-order valence-corrected chi connectivity index (χ1v) is 4.38. The van der Waals surface area contributed by atoms with Gasteiger partial charge in [0.15, 0.2) is 0 Å². The van der Waals surface area contributed by atoms with Crippen molar-refractivity contribution in [2.75, 3.05) is 6.54 Å². The fraction of sp³-hybridized carbons (Fsp3) is 0.333. The molecule has 1 aromatic rings. The molecule has 0 aliphatic carbocycles. The smallest absolute Gasteiger partial charge is 0.324 e. The van der Waals surface area contributed by atoms with Gasteiger partial charge in [-0.25, -0.2) is 0 Å². The Kier molecular flexibility index (Phi) is 3.76. The first kappa shape index (κ1) is 12.4. The monoisotopic (exact) mass is 230 g/mol. The Morgan fingerprint density at radius 3 is 2.69 bits per heavy atom. The van der Waals surface area contributed by atoms with Crippen LogP contribution >= 0.6 is 0 Å². The summed E-state index contributed by atoms with van der Waals surface area (Å²) in [6.07, 6.45) is -4.39. The van der Waals surface area contributed by atoms with Crippen molar-refractivity contribution in [1.29, 1.82) is 0 Å². The lowest BCUT2D eigenvalue weighted by molar-refractivity contribution is -0.137. The van der Waals surface area contributed by atoms with E-state index in [0.717, 1.165) is 12.1 Å². The first-order chi connectivity index (χ1) is 7.45. The van der Waals surface area contributed by atoms with Crippen LogP contribution in [0.3, 0.4) is 0 Å². The fourth-order valence-electron chi connectivity index (χ4n) is 1.18. The van der Waals surface area contributed by atoms with E-state index < -0.39 is 17.8 Å². The van der Waals surface area contributed by atoms with Crippen LogP contribution in [-0.4, -0.2) is 6.54 Å². The maximum atomic E-state index is 12.4. The van der Waals surface area contributed by atoms with Crippen molar-refractivity contribution >= 4 is 0 Å². The lowest BCUT2D eigenvalue weighted by atomic mass is 10.0. The van der Waals surface area contributed by atoms with Crippen LogP contribution in [-0.2, 0) is 6.18 Å². The molecule has 0 radical (unpaired) electrons. The average Bonchev–Trinajstić information content (AvgIpc) is 2.25. The molecule has 16 heavy (non-hydrogen) atoms. The minimum absolute atomic E-state index is 0.0716. The van der Waals surface area contributed by atoms with Crippen molar-refractivity contribution in [3.8, 4) is 0 Å². The van der Waals surface area contributed by atoms with Crippen LogP contribution in [0.25, 0.3) is 10.4 Å². The summed E-state index contributed by atoms with van der Waals surface area (Å²) in [5, 5.41) is 3.21. The molecule has 4 nitrogen and oxygen atoms in total. The van der Waals surface area contributed by atoms with Gasteiger partial charge in [0, 0.05) is 17.5 Å². The largest absolute Gasteiger partial charge is 0.416 e. The van der Waals surface area contributed by atoms with E-state index in [9.17, 15) is 13.2 Å². The Morgan fingerprint density at radius 1 is 1.44 bits per heavy atom. The van der Waals surface area contributed by atoms with E-state index in [1.165, 1.54) is 12.1 Å². The highest BCUT2D eigenvalue weighted by atomic mass is 19.4. The molecule has 86 valence electrons. The molecule has 1 atom stereocenters. The van der Waals surface area contributed by atoms with Gasteiger partial charge in [0.2, 0.25) is 0 Å². The third kappa shape index (κ3) is 3.15. The van der Waals surface area contributed by atoms with E-state index in [4.69, 9.17) is 11.3 Å². The topological polar surface area (TPSA) is 74.8 Å². The molecule has 0 spiro atoms. The third-order valence-corrected chi connectivity index (χ3v) is 1.98. The average molecular weight is 230 g/mol. The molecule has 0 amide bonds. The van der Waals surface area contributed by atoms with Crippen molar-refractivity contribution in [2.45, 2.75) is 12.2 Å². The van der Waals surface area contributed by atoms with Gasteiger partial charge in [-0.3, -0.25) is 0 Å². The highest BCUT2D eigenvalue weighted by Gasteiger charge is 2.30. The zero-order valence-corrected chi connectivity index (χ0v) is 8.15. The minimum atomic E-state index is -4.39. The second-order valence-corrected chi connectivity index (χ2v) is 3.14. The van der Waals surface area contributed by atoms with Crippen molar-refractivity contribution in [2.24, 2.45) is 10.8 Å². The lowest BCUT2D eigenvalue weighted by Crippen LogP contribution is -2.14. The maximum Gasteiger partial charge on any atom is 0.416 e. The molecule has 0 aliphatic heterocycles. The summed E-state index contributed by atoms with van der Waals surface area (Å²) < 4.78 is 37.1. The van der Waals surface area contributed by atoms with E-state index >= 15 is 0 Å². The van der Waals surface area contributed by atoms with Crippen molar-refractivity contribution < 1.29 is 13.2 Å². The second-order valence-electron chi connectivity index (χ2n) is 3.14. The molecule has 7 heteroatoms. The summed E-state index contributed by atoms with van der Waals surface area (Å²) in [5.41, 5.74) is 13.2. The molecule has 0 fully saturated rings. The van der Waals surface area contributed by atoms with E-state index in [2.05, 4.69) is 10.0 Å². The zero-order chi connectivity index (χ0) is 12.2. The van der Waals surface area contributed by atoms with Gasteiger partial charge >= 0.3 is 6.18 Å². The number of hydrogen-bond acceptors (Lipinski definition) is 2. The SMILES string of the molecule is [N-]=[N+]=NC[C@H](N)c1cccc(C(F)(F)F)c1. The normalized spacial score (nSPS) is 13.0. The number of halogens is 3. The molecule has 0 bridgehead atoms. The van der Waals surface area contributed by atoms with Gasteiger partial charge in [-0.15, -0.1) is 0 Å². The van der Waals surface area contributed by atoms with Crippen molar-refractivity contribution in [3.63, 3.8) is 0 Å². The highest BCUT2D eigenvalue weighted by molar-refractivity contribution is 5.27. The fourth-order valence-corrected chi connectivity index (χ4v) is 1.18. The molecule has 2 N–H and O–H groups in total. The molecule has 1 aromatic carbocycles. The predicted molar refractivity (Wildman–Crippen MR) is 52.4 cm³/mol. The van der Waals surface area contributed by atoms with Gasteiger partial charge in [-0.05, 0) is 23.2 Å². The molecule has 0 saturated carbocycles. The first-order valence-electron chi connectivity index (χ1n) is 4.38. The lowest BCUT2D eigenvalue weighted by Gasteiger charge is -2.12. The van der Waals surface area contributed by atoms with Gasteiger partial charge in [0.05, 0.1) is 5.56 Å². The molecular weight excluding hydrogens is 221 g/mol. The summed E-state index contributed by atoms with van der Waals surface area (Å²) in [7, 11) is 0. The van der Waals surface area contributed by atoms with Crippen LogP contribution in [0.15, 0.2) is 29.4 Å². The number of azide groups is 1. The van der Waals surface area contributed by atoms with E-state index in [1.54, 1.807) is 0 Å². The quantitative estimate of drug-likeness (QED) is 0.483. The zero-order valence-electron chi connectivity index (χ0n) is 8.15. The Labute approximate surface area is 89.5 Å². The molecule has 0 aromatic heterocycles. The Bertz CT molecular complexity index is 409. The summed E-state index contributed by atoms with van der Waals surface area (Å²) in [4.78, 5) is 2.50. The highest BCUT2D eigenvalue weighted by Crippen LogP contribution is 2.30. The molecule has 0 aliphatic rings. The third-order valence-electron chi connectivity index (χ3n) is 1.98. The summed E-state index contributed by atoms with van der Waals surface area (Å²) >= 11 is 0. The Morgan fingerprint density at radius 2 is 2.12 bits per heavy atom. The molecule has 0 unspecified atom stereocenters. The van der Waals surface area contributed by atoms with Crippen LogP contribution in [0.5, 0.6) is 0 Å². The summed E-state index contributed by atoms with van der Waals surface area (Å²) in [5.74, 6) is 0. The standard InChI is InChI=1S/C9H9F3N4/c10-9(11,12)7-3-1-2-6(4-7)8(13)5-15-16-14/h1-4,8H,5,13H2/t8-/m0/s1. The van der Waals surface area contributed by atoms with Crippen molar-refractivity contribution in [1.82, 2.24) is 0 Å². The number of rotatable bonds is 3. The number of hydrogen-bond donors (Lipinski definition) is 1. The van der Waals surface area contributed by atoms with E-state index in [1.807, 2.05) is 0 Å². The number of benzene rings is 1. The van der Waals surface area contributed by atoms with E-state index in [0.29, 0.717) is 5.56 Å². The van der Waals surface area contributed by atoms with Crippen LogP contribution < -0.4 is 5.73 Å². The summed E-state index contributed by atoms with van der Waals surface area (Å²) in [6.45, 7) is -0.0716. The van der Waals surface area contributed by atoms with Crippen LogP contribution in [0.4, 0.5) is 13.2 Å². The second kappa shape index (κ2) is 4.87. The molecular formula is C9H9F3N4. The maximum absolute atomic E-state index is 12.4. The van der Waals surface area contributed by atoms with Crippen LogP contribution in [0, 0.1) is 0 Å².